The first-order chi connectivity index (χ1) is 9.16. The summed E-state index contributed by atoms with van der Waals surface area (Å²) in [6, 6.07) is 0. The Bertz CT molecular complexity index is 422. The van der Waals surface area contributed by atoms with Crippen molar-refractivity contribution in [3.05, 3.63) is 12.2 Å². The van der Waals surface area contributed by atoms with Gasteiger partial charge in [-0.3, -0.25) is 9.48 Å². The highest BCUT2D eigenvalue weighted by atomic mass is 16.2. The summed E-state index contributed by atoms with van der Waals surface area (Å²) in [7, 11) is 1.84. The summed E-state index contributed by atoms with van der Waals surface area (Å²) in [6.45, 7) is 4.50. The van der Waals surface area contributed by atoms with Crippen LogP contribution in [0.5, 0.6) is 0 Å². The molecule has 0 aliphatic carbocycles. The third kappa shape index (κ3) is 3.32. The SMILES string of the molecule is CCC1(C(=O)NCCc2ncn(C)n2)CCCNC1. The highest BCUT2D eigenvalue weighted by Gasteiger charge is 2.37. The fourth-order valence-electron chi connectivity index (χ4n) is 2.60. The Morgan fingerprint density at radius 2 is 2.47 bits per heavy atom. The van der Waals surface area contributed by atoms with Crippen molar-refractivity contribution in [2.45, 2.75) is 32.6 Å². The van der Waals surface area contributed by atoms with E-state index in [4.69, 9.17) is 0 Å². The number of aromatic nitrogens is 3. The van der Waals surface area contributed by atoms with Gasteiger partial charge in [-0.15, -0.1) is 0 Å². The van der Waals surface area contributed by atoms with Gasteiger partial charge in [-0.25, -0.2) is 4.98 Å². The van der Waals surface area contributed by atoms with Crippen LogP contribution in [0.15, 0.2) is 6.33 Å². The van der Waals surface area contributed by atoms with Crippen molar-refractivity contribution in [3.8, 4) is 0 Å². The van der Waals surface area contributed by atoms with E-state index in [2.05, 4.69) is 27.6 Å². The highest BCUT2D eigenvalue weighted by molar-refractivity contribution is 5.83. The molecule has 1 unspecified atom stereocenters. The molecule has 2 heterocycles. The summed E-state index contributed by atoms with van der Waals surface area (Å²) in [5.41, 5.74) is -0.226. The van der Waals surface area contributed by atoms with Gasteiger partial charge in [-0.2, -0.15) is 5.10 Å². The molecule has 1 aromatic rings. The van der Waals surface area contributed by atoms with E-state index < -0.39 is 0 Å². The highest BCUT2D eigenvalue weighted by Crippen LogP contribution is 2.30. The number of piperidine rings is 1. The molecule has 6 heteroatoms. The molecule has 1 fully saturated rings. The Balaban J connectivity index is 1.82. The fourth-order valence-corrected chi connectivity index (χ4v) is 2.60. The molecular formula is C13H23N5O. The number of nitrogens with zero attached hydrogens (tertiary/aromatic N) is 3. The van der Waals surface area contributed by atoms with Crippen LogP contribution in [0.2, 0.25) is 0 Å². The lowest BCUT2D eigenvalue weighted by Crippen LogP contribution is -2.50. The minimum Gasteiger partial charge on any atom is -0.355 e. The lowest BCUT2D eigenvalue weighted by Gasteiger charge is -2.35. The summed E-state index contributed by atoms with van der Waals surface area (Å²) < 4.78 is 1.68. The van der Waals surface area contributed by atoms with Gasteiger partial charge < -0.3 is 10.6 Å². The number of carbonyl (C=O) groups excluding carboxylic acids is 1. The van der Waals surface area contributed by atoms with Gasteiger partial charge in [0.05, 0.1) is 5.41 Å². The maximum Gasteiger partial charge on any atom is 0.227 e. The molecule has 0 aromatic carbocycles. The summed E-state index contributed by atoms with van der Waals surface area (Å²) in [5, 5.41) is 10.6. The van der Waals surface area contributed by atoms with Crippen LogP contribution in [0.1, 0.15) is 32.0 Å². The zero-order valence-electron chi connectivity index (χ0n) is 11.8. The molecule has 1 saturated heterocycles. The van der Waals surface area contributed by atoms with Gasteiger partial charge >= 0.3 is 0 Å². The van der Waals surface area contributed by atoms with E-state index in [0.717, 1.165) is 38.2 Å². The first-order valence-corrected chi connectivity index (χ1v) is 7.00. The number of aryl methyl sites for hydroxylation is 1. The van der Waals surface area contributed by atoms with E-state index in [-0.39, 0.29) is 11.3 Å². The van der Waals surface area contributed by atoms with E-state index >= 15 is 0 Å². The second kappa shape index (κ2) is 6.14. The monoisotopic (exact) mass is 265 g/mol. The minimum atomic E-state index is -0.226. The largest absolute Gasteiger partial charge is 0.355 e. The van der Waals surface area contributed by atoms with Crippen molar-refractivity contribution in [1.29, 1.82) is 0 Å². The van der Waals surface area contributed by atoms with Gasteiger partial charge in [-0.1, -0.05) is 6.92 Å². The molecule has 1 aliphatic rings. The maximum absolute atomic E-state index is 12.3. The van der Waals surface area contributed by atoms with Crippen LogP contribution in [0.25, 0.3) is 0 Å². The molecular weight excluding hydrogens is 242 g/mol. The van der Waals surface area contributed by atoms with Gasteiger partial charge in [0.2, 0.25) is 5.91 Å². The van der Waals surface area contributed by atoms with Crippen LogP contribution >= 0.6 is 0 Å². The van der Waals surface area contributed by atoms with E-state index in [1.54, 1.807) is 11.0 Å². The molecule has 1 aliphatic heterocycles. The smallest absolute Gasteiger partial charge is 0.227 e. The van der Waals surface area contributed by atoms with Crippen molar-refractivity contribution in [3.63, 3.8) is 0 Å². The van der Waals surface area contributed by atoms with Crippen molar-refractivity contribution < 1.29 is 4.79 Å². The van der Waals surface area contributed by atoms with Crippen LogP contribution in [0.3, 0.4) is 0 Å². The normalized spacial score (nSPS) is 23.3. The van der Waals surface area contributed by atoms with Crippen molar-refractivity contribution in [2.75, 3.05) is 19.6 Å². The van der Waals surface area contributed by atoms with Crippen LogP contribution in [-0.2, 0) is 18.3 Å². The number of hydrogen-bond acceptors (Lipinski definition) is 4. The van der Waals surface area contributed by atoms with Gasteiger partial charge in [0.1, 0.15) is 6.33 Å². The first-order valence-electron chi connectivity index (χ1n) is 7.00. The van der Waals surface area contributed by atoms with E-state index in [1.807, 2.05) is 7.05 Å². The van der Waals surface area contributed by atoms with Gasteiger partial charge in [0.25, 0.3) is 0 Å². The zero-order chi connectivity index (χ0) is 13.7. The van der Waals surface area contributed by atoms with Crippen molar-refractivity contribution in [2.24, 2.45) is 12.5 Å². The first kappa shape index (κ1) is 14.0. The Labute approximate surface area is 114 Å². The Morgan fingerprint density at radius 1 is 1.63 bits per heavy atom. The topological polar surface area (TPSA) is 71.8 Å². The van der Waals surface area contributed by atoms with Crippen LogP contribution in [0, 0.1) is 5.41 Å². The second-order valence-corrected chi connectivity index (χ2v) is 5.25. The summed E-state index contributed by atoms with van der Waals surface area (Å²) >= 11 is 0. The number of nitrogens with one attached hydrogen (secondary N) is 2. The molecule has 1 aromatic heterocycles. The van der Waals surface area contributed by atoms with E-state index in [1.165, 1.54) is 0 Å². The standard InChI is InChI=1S/C13H23N5O/c1-3-13(6-4-7-14-9-13)12(19)15-8-5-11-16-10-18(2)17-11/h10,14H,3-9H2,1-2H3,(H,15,19). The number of rotatable bonds is 5. The molecule has 0 saturated carbocycles. The summed E-state index contributed by atoms with van der Waals surface area (Å²) in [6.07, 6.45) is 5.29. The quantitative estimate of drug-likeness (QED) is 0.801. The number of hydrogen-bond donors (Lipinski definition) is 2. The number of amides is 1. The lowest BCUT2D eigenvalue weighted by atomic mass is 9.77. The summed E-state index contributed by atoms with van der Waals surface area (Å²) in [4.78, 5) is 16.5. The number of carbonyl (C=O) groups is 1. The molecule has 0 bridgehead atoms. The Morgan fingerprint density at radius 3 is 3.05 bits per heavy atom. The molecule has 0 radical (unpaired) electrons. The molecule has 106 valence electrons. The second-order valence-electron chi connectivity index (χ2n) is 5.25. The lowest BCUT2D eigenvalue weighted by molar-refractivity contribution is -0.132. The minimum absolute atomic E-state index is 0.165. The predicted molar refractivity (Wildman–Crippen MR) is 72.5 cm³/mol. The van der Waals surface area contributed by atoms with Crippen molar-refractivity contribution >= 4 is 5.91 Å². The Hall–Kier alpha value is -1.43. The summed E-state index contributed by atoms with van der Waals surface area (Å²) in [5.74, 6) is 0.938. The molecule has 2 rings (SSSR count). The molecule has 2 N–H and O–H groups in total. The van der Waals surface area contributed by atoms with E-state index in [0.29, 0.717) is 13.0 Å². The van der Waals surface area contributed by atoms with Crippen molar-refractivity contribution in [1.82, 2.24) is 25.4 Å². The van der Waals surface area contributed by atoms with Gasteiger partial charge in [-0.05, 0) is 25.8 Å². The van der Waals surface area contributed by atoms with Gasteiger partial charge in [0, 0.05) is 26.6 Å². The predicted octanol–water partition coefficient (Wildman–Crippen LogP) is 0.254. The maximum atomic E-state index is 12.3. The third-order valence-corrected chi connectivity index (χ3v) is 3.91. The Kier molecular flexibility index (Phi) is 4.52. The third-order valence-electron chi connectivity index (χ3n) is 3.91. The molecule has 1 amide bonds. The molecule has 1 atom stereocenters. The molecule has 0 spiro atoms. The molecule has 6 nitrogen and oxygen atoms in total. The average molecular weight is 265 g/mol. The zero-order valence-corrected chi connectivity index (χ0v) is 11.8. The van der Waals surface area contributed by atoms with Crippen LogP contribution < -0.4 is 10.6 Å². The molecule has 19 heavy (non-hydrogen) atoms. The van der Waals surface area contributed by atoms with Crippen LogP contribution in [0.4, 0.5) is 0 Å². The average Bonchev–Trinajstić information content (AvgIpc) is 2.85. The van der Waals surface area contributed by atoms with Crippen LogP contribution in [-0.4, -0.2) is 40.3 Å². The fraction of sp³-hybridized carbons (Fsp3) is 0.769. The van der Waals surface area contributed by atoms with E-state index in [9.17, 15) is 4.79 Å². The van der Waals surface area contributed by atoms with Gasteiger partial charge in [0.15, 0.2) is 5.82 Å².